The number of nitrogens with zero attached hydrogens (tertiary/aromatic N) is 3. The third-order valence-electron chi connectivity index (χ3n) is 2.61. The van der Waals surface area contributed by atoms with Crippen molar-refractivity contribution >= 4 is 5.69 Å². The summed E-state index contributed by atoms with van der Waals surface area (Å²) in [5.41, 5.74) is 2.95. The Balaban J connectivity index is 2.17. The van der Waals surface area contributed by atoms with Crippen LogP contribution in [0.5, 0.6) is 0 Å². The molecule has 88 valence electrons. The van der Waals surface area contributed by atoms with Crippen LogP contribution >= 0.6 is 0 Å². The van der Waals surface area contributed by atoms with Crippen molar-refractivity contribution in [3.05, 3.63) is 54.1 Å². The molecule has 0 radical (unpaired) electrons. The molecule has 0 bridgehead atoms. The smallest absolute Gasteiger partial charge is 0.0703 e. The predicted octanol–water partition coefficient (Wildman–Crippen LogP) is 1.61. The van der Waals surface area contributed by atoms with Crippen molar-refractivity contribution in [2.75, 3.05) is 11.9 Å². The number of aliphatic hydroxyl groups excluding tert-OH is 1. The predicted molar refractivity (Wildman–Crippen MR) is 66.5 cm³/mol. The molecular weight excluding hydrogens is 214 g/mol. The van der Waals surface area contributed by atoms with E-state index >= 15 is 0 Å². The van der Waals surface area contributed by atoms with E-state index in [0.717, 1.165) is 23.4 Å². The van der Waals surface area contributed by atoms with Crippen LogP contribution in [0.3, 0.4) is 0 Å². The highest BCUT2D eigenvalue weighted by atomic mass is 16.3. The van der Waals surface area contributed by atoms with E-state index in [1.807, 2.05) is 31.4 Å². The Bertz CT molecular complexity index is 473. The van der Waals surface area contributed by atoms with E-state index in [-0.39, 0.29) is 6.61 Å². The average molecular weight is 229 g/mol. The maximum atomic E-state index is 9.27. The molecule has 4 nitrogen and oxygen atoms in total. The lowest BCUT2D eigenvalue weighted by Gasteiger charge is -2.21. The van der Waals surface area contributed by atoms with Gasteiger partial charge in [-0.15, -0.1) is 0 Å². The highest BCUT2D eigenvalue weighted by Gasteiger charge is 2.07. The SMILES string of the molecule is CN(Cc1cccnc1)c1cnccc1CO. The van der Waals surface area contributed by atoms with Gasteiger partial charge in [0.05, 0.1) is 18.5 Å². The van der Waals surface area contributed by atoms with Crippen LogP contribution in [0, 0.1) is 0 Å². The van der Waals surface area contributed by atoms with Crippen molar-refractivity contribution in [2.24, 2.45) is 0 Å². The Morgan fingerprint density at radius 1 is 1.18 bits per heavy atom. The maximum absolute atomic E-state index is 9.27. The molecule has 0 unspecified atom stereocenters. The maximum Gasteiger partial charge on any atom is 0.0703 e. The van der Waals surface area contributed by atoms with Crippen LogP contribution < -0.4 is 4.90 Å². The van der Waals surface area contributed by atoms with E-state index in [4.69, 9.17) is 0 Å². The molecule has 0 fully saturated rings. The standard InChI is InChI=1S/C13H15N3O/c1-16(9-11-3-2-5-14-7-11)13-8-15-6-4-12(13)10-17/h2-8,17H,9-10H2,1H3. The molecule has 2 aromatic rings. The van der Waals surface area contributed by atoms with Crippen LogP contribution in [0.15, 0.2) is 43.0 Å². The zero-order chi connectivity index (χ0) is 12.1. The molecule has 0 spiro atoms. The number of anilines is 1. The summed E-state index contributed by atoms with van der Waals surface area (Å²) in [4.78, 5) is 10.2. The lowest BCUT2D eigenvalue weighted by molar-refractivity contribution is 0.282. The molecule has 0 aliphatic carbocycles. The highest BCUT2D eigenvalue weighted by molar-refractivity contribution is 5.50. The van der Waals surface area contributed by atoms with Crippen LogP contribution in [-0.2, 0) is 13.2 Å². The fourth-order valence-electron chi connectivity index (χ4n) is 1.74. The molecule has 4 heteroatoms. The van der Waals surface area contributed by atoms with Crippen molar-refractivity contribution in [1.29, 1.82) is 0 Å². The van der Waals surface area contributed by atoms with Gasteiger partial charge in [-0.2, -0.15) is 0 Å². The van der Waals surface area contributed by atoms with E-state index in [0.29, 0.717) is 0 Å². The van der Waals surface area contributed by atoms with Gasteiger partial charge in [-0.1, -0.05) is 6.07 Å². The fourth-order valence-corrected chi connectivity index (χ4v) is 1.74. The molecule has 0 aromatic carbocycles. The molecule has 0 saturated heterocycles. The monoisotopic (exact) mass is 229 g/mol. The quantitative estimate of drug-likeness (QED) is 0.865. The van der Waals surface area contributed by atoms with Gasteiger partial charge in [-0.3, -0.25) is 9.97 Å². The van der Waals surface area contributed by atoms with Crippen molar-refractivity contribution in [1.82, 2.24) is 9.97 Å². The van der Waals surface area contributed by atoms with Gasteiger partial charge < -0.3 is 10.0 Å². The Labute approximate surface area is 101 Å². The molecule has 0 amide bonds. The Morgan fingerprint density at radius 2 is 2.00 bits per heavy atom. The molecule has 1 N–H and O–H groups in total. The van der Waals surface area contributed by atoms with Crippen LogP contribution in [0.1, 0.15) is 11.1 Å². The largest absolute Gasteiger partial charge is 0.392 e. The summed E-state index contributed by atoms with van der Waals surface area (Å²) in [6.45, 7) is 0.766. The normalized spacial score (nSPS) is 10.2. The van der Waals surface area contributed by atoms with Crippen LogP contribution in [0.25, 0.3) is 0 Å². The topological polar surface area (TPSA) is 49.2 Å². The summed E-state index contributed by atoms with van der Waals surface area (Å²) in [7, 11) is 1.98. The third-order valence-corrected chi connectivity index (χ3v) is 2.61. The first-order chi connectivity index (χ1) is 8.31. The second-order valence-corrected chi connectivity index (χ2v) is 3.88. The zero-order valence-electron chi connectivity index (χ0n) is 9.74. The number of pyridine rings is 2. The number of aliphatic hydroxyl groups is 1. The van der Waals surface area contributed by atoms with Gasteiger partial charge in [0, 0.05) is 37.7 Å². The fraction of sp³-hybridized carbons (Fsp3) is 0.231. The summed E-state index contributed by atoms with van der Waals surface area (Å²) < 4.78 is 0. The number of rotatable bonds is 4. The van der Waals surface area contributed by atoms with E-state index in [2.05, 4.69) is 14.9 Å². The first-order valence-corrected chi connectivity index (χ1v) is 5.45. The number of hydrogen-bond acceptors (Lipinski definition) is 4. The van der Waals surface area contributed by atoms with Crippen molar-refractivity contribution < 1.29 is 5.11 Å². The van der Waals surface area contributed by atoms with Crippen molar-refractivity contribution in [3.63, 3.8) is 0 Å². The highest BCUT2D eigenvalue weighted by Crippen LogP contribution is 2.19. The molecular formula is C13H15N3O. The number of hydrogen-bond donors (Lipinski definition) is 1. The molecule has 0 saturated carbocycles. The van der Waals surface area contributed by atoms with Crippen LogP contribution in [-0.4, -0.2) is 22.1 Å². The third kappa shape index (κ3) is 2.79. The Kier molecular flexibility index (Phi) is 3.67. The summed E-state index contributed by atoms with van der Waals surface area (Å²) in [6.07, 6.45) is 7.05. The molecule has 0 atom stereocenters. The van der Waals surface area contributed by atoms with Gasteiger partial charge >= 0.3 is 0 Å². The van der Waals surface area contributed by atoms with E-state index in [1.165, 1.54) is 0 Å². The van der Waals surface area contributed by atoms with Gasteiger partial charge in [-0.05, 0) is 17.7 Å². The Morgan fingerprint density at radius 3 is 2.71 bits per heavy atom. The Hall–Kier alpha value is -1.94. The van der Waals surface area contributed by atoms with Gasteiger partial charge in [0.25, 0.3) is 0 Å². The molecule has 2 heterocycles. The molecule has 2 aromatic heterocycles. The molecule has 2 rings (SSSR count). The van der Waals surface area contributed by atoms with Gasteiger partial charge in [0.2, 0.25) is 0 Å². The van der Waals surface area contributed by atoms with Crippen LogP contribution in [0.4, 0.5) is 5.69 Å². The number of aromatic nitrogens is 2. The van der Waals surface area contributed by atoms with E-state index in [9.17, 15) is 5.11 Å². The lowest BCUT2D eigenvalue weighted by atomic mass is 10.2. The van der Waals surface area contributed by atoms with Crippen molar-refractivity contribution in [2.45, 2.75) is 13.2 Å². The van der Waals surface area contributed by atoms with E-state index in [1.54, 1.807) is 18.6 Å². The first-order valence-electron chi connectivity index (χ1n) is 5.45. The zero-order valence-corrected chi connectivity index (χ0v) is 9.74. The molecule has 0 aliphatic heterocycles. The van der Waals surface area contributed by atoms with Gasteiger partial charge in [0.15, 0.2) is 0 Å². The minimum atomic E-state index is 0.0230. The van der Waals surface area contributed by atoms with Gasteiger partial charge in [0.1, 0.15) is 0 Å². The summed E-state index contributed by atoms with van der Waals surface area (Å²) in [6, 6.07) is 5.77. The van der Waals surface area contributed by atoms with Crippen molar-refractivity contribution in [3.8, 4) is 0 Å². The van der Waals surface area contributed by atoms with Crippen LogP contribution in [0.2, 0.25) is 0 Å². The second-order valence-electron chi connectivity index (χ2n) is 3.88. The average Bonchev–Trinajstić information content (AvgIpc) is 2.40. The first kappa shape index (κ1) is 11.5. The lowest BCUT2D eigenvalue weighted by Crippen LogP contribution is -2.18. The van der Waals surface area contributed by atoms with Gasteiger partial charge in [-0.25, -0.2) is 0 Å². The summed E-state index contributed by atoms with van der Waals surface area (Å²) >= 11 is 0. The summed E-state index contributed by atoms with van der Waals surface area (Å²) in [5, 5.41) is 9.27. The minimum Gasteiger partial charge on any atom is -0.392 e. The summed E-state index contributed by atoms with van der Waals surface area (Å²) in [5.74, 6) is 0. The minimum absolute atomic E-state index is 0.0230. The second kappa shape index (κ2) is 5.41. The molecule has 0 aliphatic rings. The molecule has 17 heavy (non-hydrogen) atoms. The van der Waals surface area contributed by atoms with E-state index < -0.39 is 0 Å².